The number of rotatable bonds is 8. The fourth-order valence-electron chi connectivity index (χ4n) is 3.28. The van der Waals surface area contributed by atoms with Crippen molar-refractivity contribution in [3.63, 3.8) is 0 Å². The van der Waals surface area contributed by atoms with Crippen molar-refractivity contribution < 1.29 is 9.59 Å². The van der Waals surface area contributed by atoms with E-state index in [1.165, 1.54) is 24.6 Å². The molecule has 0 bridgehead atoms. The molecule has 0 unspecified atom stereocenters. The van der Waals surface area contributed by atoms with Crippen molar-refractivity contribution in [1.29, 1.82) is 0 Å². The first kappa shape index (κ1) is 21.6. The second kappa shape index (κ2) is 10.1. The zero-order valence-corrected chi connectivity index (χ0v) is 18.3. The average molecular weight is 436 g/mol. The number of carbonyl (C=O) groups excluding carboxylic acids is 2. The van der Waals surface area contributed by atoms with Gasteiger partial charge in [-0.15, -0.1) is 10.2 Å². The fraction of sp³-hybridized carbons (Fsp3) is 0.500. The molecule has 2 N–H and O–H groups in total. The first-order valence-electron chi connectivity index (χ1n) is 9.79. The lowest BCUT2D eigenvalue weighted by molar-refractivity contribution is -0.119. The number of thioether (sulfide) groups is 1. The molecule has 0 spiro atoms. The maximum absolute atomic E-state index is 12.2. The van der Waals surface area contributed by atoms with Gasteiger partial charge < -0.3 is 15.2 Å². The van der Waals surface area contributed by atoms with Gasteiger partial charge in [0.05, 0.1) is 5.75 Å². The zero-order valence-electron chi connectivity index (χ0n) is 16.7. The Morgan fingerprint density at radius 3 is 2.72 bits per heavy atom. The van der Waals surface area contributed by atoms with Gasteiger partial charge >= 0.3 is 0 Å². The van der Waals surface area contributed by atoms with Crippen LogP contribution in [0.15, 0.2) is 23.4 Å². The summed E-state index contributed by atoms with van der Waals surface area (Å²) in [5, 5.41) is 15.5. The van der Waals surface area contributed by atoms with Gasteiger partial charge in [0.1, 0.15) is 5.82 Å². The number of amides is 2. The van der Waals surface area contributed by atoms with E-state index < -0.39 is 0 Å². The van der Waals surface area contributed by atoms with E-state index in [0.717, 1.165) is 18.4 Å². The summed E-state index contributed by atoms with van der Waals surface area (Å²) in [6.07, 6.45) is 5.27. The Morgan fingerprint density at radius 1 is 1.24 bits per heavy atom. The fourth-order valence-corrected chi connectivity index (χ4v) is 4.20. The molecule has 1 aromatic heterocycles. The van der Waals surface area contributed by atoms with Crippen LogP contribution in [0.25, 0.3) is 0 Å². The van der Waals surface area contributed by atoms with Crippen LogP contribution in [0.5, 0.6) is 0 Å². The quantitative estimate of drug-likeness (QED) is 0.619. The number of hydrogen-bond acceptors (Lipinski definition) is 5. The summed E-state index contributed by atoms with van der Waals surface area (Å²) in [5.41, 5.74) is 1.64. The van der Waals surface area contributed by atoms with E-state index in [1.807, 2.05) is 30.7 Å². The molecule has 9 heteroatoms. The van der Waals surface area contributed by atoms with Crippen LogP contribution >= 0.6 is 23.4 Å². The summed E-state index contributed by atoms with van der Waals surface area (Å²) in [5.74, 6) is 0.943. The Labute approximate surface area is 180 Å². The molecule has 156 valence electrons. The standard InChI is InChI=1S/C20H26ClN5O2S/c1-13-7-8-15(11-16(13)21)23-18(27)10-9-17-24-25-20(26(17)2)29-12-19(28)22-14-5-3-4-6-14/h7-8,11,14H,3-6,9-10,12H2,1-2H3,(H,22,28)(H,23,27). The highest BCUT2D eigenvalue weighted by Gasteiger charge is 2.18. The second-order valence-corrected chi connectivity index (χ2v) is 8.66. The monoisotopic (exact) mass is 435 g/mol. The highest BCUT2D eigenvalue weighted by molar-refractivity contribution is 7.99. The van der Waals surface area contributed by atoms with Crippen LogP contribution in [0, 0.1) is 6.92 Å². The van der Waals surface area contributed by atoms with E-state index in [4.69, 9.17) is 11.6 Å². The van der Waals surface area contributed by atoms with E-state index in [9.17, 15) is 9.59 Å². The minimum atomic E-state index is -0.113. The summed E-state index contributed by atoms with van der Waals surface area (Å²) < 4.78 is 1.84. The molecular weight excluding hydrogens is 410 g/mol. The lowest BCUT2D eigenvalue weighted by atomic mass is 10.2. The van der Waals surface area contributed by atoms with Gasteiger partial charge in [0.25, 0.3) is 0 Å². The van der Waals surface area contributed by atoms with Crippen molar-refractivity contribution in [3.05, 3.63) is 34.6 Å². The molecular formula is C20H26ClN5O2S. The highest BCUT2D eigenvalue weighted by atomic mass is 35.5. The van der Waals surface area contributed by atoms with Crippen LogP contribution < -0.4 is 10.6 Å². The van der Waals surface area contributed by atoms with Crippen molar-refractivity contribution in [3.8, 4) is 0 Å². The minimum absolute atomic E-state index is 0.0302. The predicted octanol–water partition coefficient (Wildman–Crippen LogP) is 3.50. The van der Waals surface area contributed by atoms with Crippen molar-refractivity contribution >= 4 is 40.9 Å². The van der Waals surface area contributed by atoms with Gasteiger partial charge in [-0.3, -0.25) is 9.59 Å². The van der Waals surface area contributed by atoms with Crippen LogP contribution in [-0.4, -0.2) is 38.4 Å². The summed E-state index contributed by atoms with van der Waals surface area (Å²) >= 11 is 7.45. The van der Waals surface area contributed by atoms with E-state index in [2.05, 4.69) is 20.8 Å². The molecule has 1 aliphatic carbocycles. The molecule has 3 rings (SSSR count). The Kier molecular flexibility index (Phi) is 7.55. The Hall–Kier alpha value is -2.06. The molecule has 1 saturated carbocycles. The zero-order chi connectivity index (χ0) is 20.8. The van der Waals surface area contributed by atoms with Gasteiger partial charge in [-0.1, -0.05) is 42.3 Å². The first-order valence-corrected chi connectivity index (χ1v) is 11.1. The number of aromatic nitrogens is 3. The highest BCUT2D eigenvalue weighted by Crippen LogP contribution is 2.21. The lowest BCUT2D eigenvalue weighted by Gasteiger charge is -2.11. The summed E-state index contributed by atoms with van der Waals surface area (Å²) in [6.45, 7) is 1.91. The van der Waals surface area contributed by atoms with Crippen molar-refractivity contribution in [1.82, 2.24) is 20.1 Å². The molecule has 0 atom stereocenters. The van der Waals surface area contributed by atoms with Gasteiger partial charge in [-0.25, -0.2) is 0 Å². The topological polar surface area (TPSA) is 88.9 Å². The van der Waals surface area contributed by atoms with Gasteiger partial charge in [-0.2, -0.15) is 0 Å². The maximum Gasteiger partial charge on any atom is 0.230 e. The number of anilines is 1. The molecule has 29 heavy (non-hydrogen) atoms. The van der Waals surface area contributed by atoms with E-state index >= 15 is 0 Å². The van der Waals surface area contributed by atoms with E-state index in [1.54, 1.807) is 6.07 Å². The summed E-state index contributed by atoms with van der Waals surface area (Å²) in [7, 11) is 1.85. The molecule has 1 aliphatic rings. The molecule has 7 nitrogen and oxygen atoms in total. The lowest BCUT2D eigenvalue weighted by Crippen LogP contribution is -2.33. The van der Waals surface area contributed by atoms with Gasteiger partial charge in [0, 0.05) is 36.6 Å². The number of nitrogens with zero attached hydrogens (tertiary/aromatic N) is 3. The van der Waals surface area contributed by atoms with Crippen LogP contribution in [-0.2, 0) is 23.1 Å². The molecule has 1 aromatic carbocycles. The molecule has 1 heterocycles. The number of nitrogens with one attached hydrogen (secondary N) is 2. The van der Waals surface area contributed by atoms with Gasteiger partial charge in [0.15, 0.2) is 5.16 Å². The van der Waals surface area contributed by atoms with Crippen LogP contribution in [0.4, 0.5) is 5.69 Å². The van der Waals surface area contributed by atoms with E-state index in [-0.39, 0.29) is 18.2 Å². The molecule has 0 aliphatic heterocycles. The average Bonchev–Trinajstić information content (AvgIpc) is 3.31. The van der Waals surface area contributed by atoms with Crippen LogP contribution in [0.2, 0.25) is 5.02 Å². The molecule has 2 amide bonds. The van der Waals surface area contributed by atoms with Gasteiger partial charge in [0.2, 0.25) is 11.8 Å². The summed E-state index contributed by atoms with van der Waals surface area (Å²) in [6, 6.07) is 5.75. The molecule has 0 radical (unpaired) electrons. The number of carbonyl (C=O) groups is 2. The Balaban J connectivity index is 1.45. The van der Waals surface area contributed by atoms with Crippen molar-refractivity contribution in [2.24, 2.45) is 7.05 Å². The molecule has 0 saturated heterocycles. The van der Waals surface area contributed by atoms with Gasteiger partial charge in [-0.05, 0) is 37.5 Å². The van der Waals surface area contributed by atoms with Crippen molar-refractivity contribution in [2.75, 3.05) is 11.1 Å². The summed E-state index contributed by atoms with van der Waals surface area (Å²) in [4.78, 5) is 24.3. The minimum Gasteiger partial charge on any atom is -0.353 e. The maximum atomic E-state index is 12.2. The third-order valence-electron chi connectivity index (χ3n) is 5.01. The number of halogens is 1. The first-order chi connectivity index (χ1) is 13.9. The van der Waals surface area contributed by atoms with Crippen LogP contribution in [0.3, 0.4) is 0 Å². The smallest absolute Gasteiger partial charge is 0.230 e. The molecule has 1 fully saturated rings. The second-order valence-electron chi connectivity index (χ2n) is 7.31. The van der Waals surface area contributed by atoms with E-state index in [0.29, 0.717) is 39.9 Å². The third kappa shape index (κ3) is 6.21. The third-order valence-corrected chi connectivity index (χ3v) is 6.44. The Bertz CT molecular complexity index is 880. The SMILES string of the molecule is Cc1ccc(NC(=O)CCc2nnc(SCC(=O)NC3CCCC3)n2C)cc1Cl. The molecule has 2 aromatic rings. The normalized spacial score (nSPS) is 14.2. The Morgan fingerprint density at radius 2 is 2.00 bits per heavy atom. The number of aryl methyl sites for hydroxylation is 2. The predicted molar refractivity (Wildman–Crippen MR) is 115 cm³/mol. The van der Waals surface area contributed by atoms with Crippen LogP contribution in [0.1, 0.15) is 43.5 Å². The largest absolute Gasteiger partial charge is 0.353 e. The number of hydrogen-bond donors (Lipinski definition) is 2. The van der Waals surface area contributed by atoms with Crippen molar-refractivity contribution in [2.45, 2.75) is 56.6 Å². The number of benzene rings is 1.